The molecule has 0 fully saturated rings. The van der Waals surface area contributed by atoms with Crippen LogP contribution in [0, 0.1) is 5.41 Å². The second-order valence-corrected chi connectivity index (χ2v) is 4.83. The standard InChI is InChI=1S/C13H18O2/c1-13(2,3)12(11(15)9-14)10-7-5-4-6-8-10/h4-8,12,14H,9H2,1-3H3. The summed E-state index contributed by atoms with van der Waals surface area (Å²) in [6.45, 7) is 5.64. The van der Waals surface area contributed by atoms with Gasteiger partial charge in [0.2, 0.25) is 0 Å². The molecule has 0 aliphatic carbocycles. The predicted octanol–water partition coefficient (Wildman–Crippen LogP) is 2.38. The fraction of sp³-hybridized carbons (Fsp3) is 0.462. The Balaban J connectivity index is 3.08. The van der Waals surface area contributed by atoms with Crippen LogP contribution in [0.3, 0.4) is 0 Å². The van der Waals surface area contributed by atoms with Gasteiger partial charge in [0, 0.05) is 5.92 Å². The Morgan fingerprint density at radius 1 is 1.27 bits per heavy atom. The first-order valence-corrected chi connectivity index (χ1v) is 5.15. The first-order chi connectivity index (χ1) is 6.96. The molecule has 0 radical (unpaired) electrons. The number of benzene rings is 1. The summed E-state index contributed by atoms with van der Waals surface area (Å²) in [6.07, 6.45) is 0. The molecule has 15 heavy (non-hydrogen) atoms. The lowest BCUT2D eigenvalue weighted by Crippen LogP contribution is -2.28. The van der Waals surface area contributed by atoms with Crippen molar-refractivity contribution in [2.24, 2.45) is 5.41 Å². The molecule has 0 spiro atoms. The predicted molar refractivity (Wildman–Crippen MR) is 60.7 cm³/mol. The van der Waals surface area contributed by atoms with Crippen LogP contribution >= 0.6 is 0 Å². The van der Waals surface area contributed by atoms with Gasteiger partial charge in [-0.15, -0.1) is 0 Å². The topological polar surface area (TPSA) is 37.3 Å². The van der Waals surface area contributed by atoms with Crippen molar-refractivity contribution >= 4 is 5.78 Å². The Labute approximate surface area is 90.9 Å². The molecule has 2 nitrogen and oxygen atoms in total. The molecule has 0 aliphatic rings. The average molecular weight is 206 g/mol. The average Bonchev–Trinajstić information content (AvgIpc) is 2.17. The maximum atomic E-state index is 11.7. The molecule has 1 aromatic rings. The fourth-order valence-electron chi connectivity index (χ4n) is 1.91. The lowest BCUT2D eigenvalue weighted by molar-refractivity contribution is -0.125. The van der Waals surface area contributed by atoms with Crippen molar-refractivity contribution in [3.05, 3.63) is 35.9 Å². The SMILES string of the molecule is CC(C)(C)C(C(=O)CO)c1ccccc1. The minimum absolute atomic E-state index is 0.117. The summed E-state index contributed by atoms with van der Waals surface area (Å²) < 4.78 is 0. The first kappa shape index (κ1) is 11.9. The molecule has 1 rings (SSSR count). The molecule has 0 saturated heterocycles. The molecule has 1 aromatic carbocycles. The molecule has 0 aliphatic heterocycles. The van der Waals surface area contributed by atoms with E-state index in [0.29, 0.717) is 0 Å². The third-order valence-corrected chi connectivity index (χ3v) is 2.48. The lowest BCUT2D eigenvalue weighted by atomic mass is 9.74. The van der Waals surface area contributed by atoms with E-state index in [9.17, 15) is 4.79 Å². The normalized spacial score (nSPS) is 13.6. The number of carbonyl (C=O) groups is 1. The third kappa shape index (κ3) is 2.90. The van der Waals surface area contributed by atoms with E-state index in [0.717, 1.165) is 5.56 Å². The zero-order valence-electron chi connectivity index (χ0n) is 9.53. The molecule has 2 heteroatoms. The summed E-state index contributed by atoms with van der Waals surface area (Å²) in [7, 11) is 0. The van der Waals surface area contributed by atoms with Crippen LogP contribution in [0.25, 0.3) is 0 Å². The summed E-state index contributed by atoms with van der Waals surface area (Å²) in [5, 5.41) is 8.98. The highest BCUT2D eigenvalue weighted by molar-refractivity contribution is 5.87. The van der Waals surface area contributed by atoms with Crippen LogP contribution in [-0.2, 0) is 4.79 Å². The number of aliphatic hydroxyl groups is 1. The summed E-state index contributed by atoms with van der Waals surface area (Å²) in [6, 6.07) is 9.62. The molecule has 82 valence electrons. The van der Waals surface area contributed by atoms with Crippen molar-refractivity contribution in [2.75, 3.05) is 6.61 Å². The minimum atomic E-state index is -0.392. The van der Waals surface area contributed by atoms with Crippen LogP contribution in [0.4, 0.5) is 0 Å². The van der Waals surface area contributed by atoms with E-state index < -0.39 is 6.61 Å². The molecular weight excluding hydrogens is 188 g/mol. The monoisotopic (exact) mass is 206 g/mol. The summed E-state index contributed by atoms with van der Waals surface area (Å²) in [5.41, 5.74) is 0.810. The van der Waals surface area contributed by atoms with Crippen molar-refractivity contribution in [1.82, 2.24) is 0 Å². The zero-order valence-corrected chi connectivity index (χ0v) is 9.53. The maximum Gasteiger partial charge on any atom is 0.166 e. The summed E-state index contributed by atoms with van der Waals surface area (Å²) in [5.74, 6) is -0.350. The summed E-state index contributed by atoms with van der Waals surface area (Å²) >= 11 is 0. The van der Waals surface area contributed by atoms with Crippen LogP contribution in [0.1, 0.15) is 32.3 Å². The van der Waals surface area contributed by atoms with E-state index in [1.165, 1.54) is 0 Å². The number of hydrogen-bond donors (Lipinski definition) is 1. The van der Waals surface area contributed by atoms with Crippen LogP contribution in [0.5, 0.6) is 0 Å². The van der Waals surface area contributed by atoms with Crippen molar-refractivity contribution in [3.63, 3.8) is 0 Å². The highest BCUT2D eigenvalue weighted by Crippen LogP contribution is 2.35. The Hall–Kier alpha value is -1.15. The Morgan fingerprint density at radius 2 is 1.80 bits per heavy atom. The van der Waals surface area contributed by atoms with E-state index in [1.807, 2.05) is 51.1 Å². The van der Waals surface area contributed by atoms with Crippen LogP contribution in [-0.4, -0.2) is 17.5 Å². The smallest absolute Gasteiger partial charge is 0.166 e. The molecular formula is C13H18O2. The van der Waals surface area contributed by atoms with Crippen molar-refractivity contribution in [1.29, 1.82) is 0 Å². The second-order valence-electron chi connectivity index (χ2n) is 4.83. The highest BCUT2D eigenvalue weighted by atomic mass is 16.3. The van der Waals surface area contributed by atoms with Gasteiger partial charge in [0.05, 0.1) is 0 Å². The largest absolute Gasteiger partial charge is 0.389 e. The number of ketones is 1. The number of aliphatic hydroxyl groups excluding tert-OH is 1. The van der Waals surface area contributed by atoms with Gasteiger partial charge in [-0.05, 0) is 11.0 Å². The highest BCUT2D eigenvalue weighted by Gasteiger charge is 2.31. The molecule has 0 aromatic heterocycles. The first-order valence-electron chi connectivity index (χ1n) is 5.15. The Kier molecular flexibility index (Phi) is 3.64. The minimum Gasteiger partial charge on any atom is -0.389 e. The van der Waals surface area contributed by atoms with Gasteiger partial charge in [-0.2, -0.15) is 0 Å². The number of rotatable bonds is 3. The van der Waals surface area contributed by atoms with E-state index >= 15 is 0 Å². The van der Waals surface area contributed by atoms with Crippen molar-refractivity contribution in [3.8, 4) is 0 Å². The van der Waals surface area contributed by atoms with Gasteiger partial charge in [-0.25, -0.2) is 0 Å². The quantitative estimate of drug-likeness (QED) is 0.824. The zero-order chi connectivity index (χ0) is 11.5. The van der Waals surface area contributed by atoms with Crippen LogP contribution in [0.15, 0.2) is 30.3 Å². The lowest BCUT2D eigenvalue weighted by Gasteiger charge is -2.29. The van der Waals surface area contributed by atoms with Gasteiger partial charge in [-0.3, -0.25) is 4.79 Å². The molecule has 1 atom stereocenters. The van der Waals surface area contributed by atoms with Gasteiger partial charge in [-0.1, -0.05) is 51.1 Å². The van der Waals surface area contributed by atoms with Gasteiger partial charge < -0.3 is 5.11 Å². The number of carbonyl (C=O) groups excluding carboxylic acids is 1. The molecule has 0 bridgehead atoms. The molecule has 1 N–H and O–H groups in total. The number of Topliss-reactive ketones (excluding diaryl/α,β-unsaturated/α-hetero) is 1. The molecule has 0 saturated carbocycles. The van der Waals surface area contributed by atoms with Crippen LogP contribution in [0.2, 0.25) is 0 Å². The van der Waals surface area contributed by atoms with Crippen molar-refractivity contribution in [2.45, 2.75) is 26.7 Å². The van der Waals surface area contributed by atoms with Crippen LogP contribution < -0.4 is 0 Å². The fourth-order valence-corrected chi connectivity index (χ4v) is 1.91. The van der Waals surface area contributed by atoms with Gasteiger partial charge >= 0.3 is 0 Å². The van der Waals surface area contributed by atoms with Gasteiger partial charge in [0.15, 0.2) is 5.78 Å². The molecule has 1 unspecified atom stereocenters. The van der Waals surface area contributed by atoms with E-state index in [2.05, 4.69) is 0 Å². The Morgan fingerprint density at radius 3 is 2.20 bits per heavy atom. The maximum absolute atomic E-state index is 11.7. The second kappa shape index (κ2) is 4.58. The van der Waals surface area contributed by atoms with Gasteiger partial charge in [0.25, 0.3) is 0 Å². The van der Waals surface area contributed by atoms with E-state index in [4.69, 9.17) is 5.11 Å². The van der Waals surface area contributed by atoms with Crippen molar-refractivity contribution < 1.29 is 9.90 Å². The molecule has 0 heterocycles. The van der Waals surface area contributed by atoms with E-state index in [1.54, 1.807) is 0 Å². The van der Waals surface area contributed by atoms with Gasteiger partial charge in [0.1, 0.15) is 6.61 Å². The summed E-state index contributed by atoms with van der Waals surface area (Å²) in [4.78, 5) is 11.7. The Bertz CT molecular complexity index is 322. The molecule has 0 amide bonds. The van der Waals surface area contributed by atoms with E-state index in [-0.39, 0.29) is 17.1 Å². The number of hydrogen-bond acceptors (Lipinski definition) is 2. The third-order valence-electron chi connectivity index (χ3n) is 2.48.